The molecule has 0 bridgehead atoms. The lowest BCUT2D eigenvalue weighted by Gasteiger charge is -2.27. The Morgan fingerprint density at radius 1 is 0.571 bits per heavy atom. The van der Waals surface area contributed by atoms with Crippen LogP contribution < -0.4 is 0 Å². The zero-order chi connectivity index (χ0) is 24.3. The maximum Gasteiger partial charge on any atom is 0.00182 e. The van der Waals surface area contributed by atoms with E-state index in [2.05, 4.69) is 74.5 Å². The van der Waals surface area contributed by atoms with Crippen LogP contribution in [0.15, 0.2) is 60.7 Å². The van der Waals surface area contributed by atoms with Crippen molar-refractivity contribution in [3.63, 3.8) is 0 Å². The van der Waals surface area contributed by atoms with Gasteiger partial charge in [0, 0.05) is 5.92 Å². The lowest BCUT2D eigenvalue weighted by Crippen LogP contribution is -2.14. The van der Waals surface area contributed by atoms with E-state index in [-0.39, 0.29) is 0 Å². The Morgan fingerprint density at radius 2 is 1.17 bits per heavy atom. The van der Waals surface area contributed by atoms with Gasteiger partial charge in [0.2, 0.25) is 0 Å². The van der Waals surface area contributed by atoms with Gasteiger partial charge in [-0.2, -0.15) is 0 Å². The molecule has 0 saturated heterocycles. The first-order valence-electron chi connectivity index (χ1n) is 15.1. The van der Waals surface area contributed by atoms with E-state index in [0.717, 1.165) is 17.8 Å². The van der Waals surface area contributed by atoms with Gasteiger partial charge >= 0.3 is 0 Å². The van der Waals surface area contributed by atoms with Crippen LogP contribution in [0.5, 0.6) is 0 Å². The van der Waals surface area contributed by atoms with Gasteiger partial charge in [0.05, 0.1) is 0 Å². The minimum Gasteiger partial charge on any atom is -0.0848 e. The summed E-state index contributed by atoms with van der Waals surface area (Å²) in [6.07, 6.45) is 25.3. The predicted molar refractivity (Wildman–Crippen MR) is 153 cm³/mol. The monoisotopic (exact) mass is 470 g/mol. The molecule has 2 aromatic rings. The molecular weight excluding hydrogens is 420 g/mol. The maximum absolute atomic E-state index is 2.52. The summed E-state index contributed by atoms with van der Waals surface area (Å²) >= 11 is 0. The second kappa shape index (κ2) is 14.1. The normalized spacial score (nSPS) is 24.5. The van der Waals surface area contributed by atoms with Crippen molar-refractivity contribution < 1.29 is 0 Å². The number of unbranched alkanes of at least 4 members (excludes halogenated alkanes) is 2. The number of aryl methyl sites for hydroxylation is 3. The highest BCUT2D eigenvalue weighted by atomic mass is 14.3. The molecule has 0 heteroatoms. The van der Waals surface area contributed by atoms with Crippen molar-refractivity contribution in [2.45, 2.75) is 116 Å². The van der Waals surface area contributed by atoms with Crippen molar-refractivity contribution in [1.29, 1.82) is 0 Å². The van der Waals surface area contributed by atoms with Crippen molar-refractivity contribution in [2.75, 3.05) is 0 Å². The average Bonchev–Trinajstić information content (AvgIpc) is 2.92. The molecule has 4 rings (SSSR count). The molecule has 0 nitrogen and oxygen atoms in total. The van der Waals surface area contributed by atoms with E-state index in [9.17, 15) is 0 Å². The van der Waals surface area contributed by atoms with Crippen LogP contribution in [-0.2, 0) is 19.3 Å². The van der Waals surface area contributed by atoms with Gasteiger partial charge in [0.15, 0.2) is 0 Å². The topological polar surface area (TPSA) is 0 Å². The molecule has 35 heavy (non-hydrogen) atoms. The van der Waals surface area contributed by atoms with Crippen molar-refractivity contribution in [3.8, 4) is 0 Å². The van der Waals surface area contributed by atoms with Crippen LogP contribution in [-0.4, -0.2) is 0 Å². The second-order valence-electron chi connectivity index (χ2n) is 11.7. The number of rotatable bonds is 12. The van der Waals surface area contributed by atoms with Crippen LogP contribution in [0.25, 0.3) is 0 Å². The molecule has 0 aliphatic heterocycles. The van der Waals surface area contributed by atoms with E-state index in [1.807, 2.05) is 0 Å². The molecule has 0 spiro atoms. The molecule has 0 heterocycles. The van der Waals surface area contributed by atoms with Gasteiger partial charge in [-0.05, 0) is 91.4 Å². The van der Waals surface area contributed by atoms with Crippen molar-refractivity contribution in [1.82, 2.24) is 0 Å². The summed E-state index contributed by atoms with van der Waals surface area (Å²) in [4.78, 5) is 0. The van der Waals surface area contributed by atoms with Gasteiger partial charge in [-0.25, -0.2) is 0 Å². The number of hydrogen-bond acceptors (Lipinski definition) is 0. The Morgan fingerprint density at radius 3 is 1.77 bits per heavy atom. The average molecular weight is 471 g/mol. The molecule has 2 atom stereocenters. The molecule has 0 N–H and O–H groups in total. The zero-order valence-electron chi connectivity index (χ0n) is 22.7. The summed E-state index contributed by atoms with van der Waals surface area (Å²) in [6, 6.07) is 19.1. The summed E-state index contributed by atoms with van der Waals surface area (Å²) in [5.41, 5.74) is 6.08. The van der Waals surface area contributed by atoms with Gasteiger partial charge in [-0.1, -0.05) is 119 Å². The first-order valence-corrected chi connectivity index (χ1v) is 15.1. The highest BCUT2D eigenvalue weighted by molar-refractivity contribution is 5.29. The zero-order valence-corrected chi connectivity index (χ0v) is 22.7. The maximum atomic E-state index is 2.52. The Kier molecular flexibility index (Phi) is 10.5. The highest BCUT2D eigenvalue weighted by Crippen LogP contribution is 2.34. The first kappa shape index (κ1) is 26.2. The summed E-state index contributed by atoms with van der Waals surface area (Å²) in [5.74, 6) is 3.35. The third-order valence-corrected chi connectivity index (χ3v) is 9.15. The minimum atomic E-state index is 0.618. The molecular formula is C35H50. The van der Waals surface area contributed by atoms with Gasteiger partial charge in [-0.15, -0.1) is 0 Å². The van der Waals surface area contributed by atoms with Crippen LogP contribution in [0.4, 0.5) is 0 Å². The van der Waals surface area contributed by atoms with E-state index in [1.54, 1.807) is 5.56 Å². The Bertz CT molecular complexity index is 863. The summed E-state index contributed by atoms with van der Waals surface area (Å²) < 4.78 is 0. The van der Waals surface area contributed by atoms with Crippen LogP contribution >= 0.6 is 0 Å². The Labute approximate surface area is 216 Å². The van der Waals surface area contributed by atoms with Crippen LogP contribution in [0.1, 0.15) is 119 Å². The van der Waals surface area contributed by atoms with Gasteiger partial charge in [0.1, 0.15) is 0 Å². The molecule has 1 fully saturated rings. The van der Waals surface area contributed by atoms with E-state index < -0.39 is 0 Å². The molecule has 2 unspecified atom stereocenters. The molecule has 2 aliphatic carbocycles. The molecule has 1 saturated carbocycles. The fraction of sp³-hybridized carbons (Fsp3) is 0.600. The number of benzene rings is 2. The summed E-state index contributed by atoms with van der Waals surface area (Å²) in [7, 11) is 0. The van der Waals surface area contributed by atoms with Crippen LogP contribution in [0, 0.1) is 17.8 Å². The Balaban J connectivity index is 1.17. The van der Waals surface area contributed by atoms with Crippen molar-refractivity contribution in [3.05, 3.63) is 82.9 Å². The fourth-order valence-electron chi connectivity index (χ4n) is 6.43. The summed E-state index contributed by atoms with van der Waals surface area (Å²) in [5, 5.41) is 0. The molecule has 2 aliphatic rings. The third-order valence-electron chi connectivity index (χ3n) is 9.15. The highest BCUT2D eigenvalue weighted by Gasteiger charge is 2.20. The van der Waals surface area contributed by atoms with Crippen LogP contribution in [0.2, 0.25) is 0 Å². The quantitative estimate of drug-likeness (QED) is 0.214. The number of hydrogen-bond donors (Lipinski definition) is 0. The summed E-state index contributed by atoms with van der Waals surface area (Å²) in [6.45, 7) is 4.64. The van der Waals surface area contributed by atoms with Gasteiger partial charge in [-0.3, -0.25) is 0 Å². The first-order chi connectivity index (χ1) is 17.2. The molecule has 190 valence electrons. The minimum absolute atomic E-state index is 0.618. The van der Waals surface area contributed by atoms with E-state index in [4.69, 9.17) is 0 Å². The van der Waals surface area contributed by atoms with Crippen LogP contribution in [0.3, 0.4) is 0 Å². The predicted octanol–water partition coefficient (Wildman–Crippen LogP) is 10.3. The van der Waals surface area contributed by atoms with Crippen molar-refractivity contribution >= 4 is 0 Å². The van der Waals surface area contributed by atoms with Gasteiger partial charge < -0.3 is 0 Å². The second-order valence-corrected chi connectivity index (χ2v) is 11.7. The molecule has 0 radical (unpaired) electrons. The van der Waals surface area contributed by atoms with E-state index in [0.29, 0.717) is 5.92 Å². The SMILES string of the molecule is CCCCCc1ccc(CCC2C=CC(c3ccc(CCC4CCC(CC)CC4)cc3)CC2)cc1. The lowest BCUT2D eigenvalue weighted by atomic mass is 9.78. The molecule has 0 aromatic heterocycles. The largest absolute Gasteiger partial charge is 0.0848 e. The third kappa shape index (κ3) is 8.37. The lowest BCUT2D eigenvalue weighted by molar-refractivity contribution is 0.259. The standard InChI is InChI=1S/C35H50/c1-3-5-6-7-29-12-14-31(15-13-29)17-19-33-22-26-35(27-23-33)34-24-20-32(21-25-34)18-16-30-10-8-28(4-2)9-11-30/h12-15,20-22,24-26,28,30,33,35H,3-11,16-19,23,27H2,1-2H3. The number of allylic oxidation sites excluding steroid dienone is 2. The van der Waals surface area contributed by atoms with E-state index in [1.165, 1.54) is 113 Å². The Hall–Kier alpha value is -1.82. The molecule has 2 aromatic carbocycles. The van der Waals surface area contributed by atoms with Crippen molar-refractivity contribution in [2.24, 2.45) is 17.8 Å². The smallest absolute Gasteiger partial charge is 0.00182 e. The molecule has 0 amide bonds. The van der Waals surface area contributed by atoms with E-state index >= 15 is 0 Å². The van der Waals surface area contributed by atoms with Gasteiger partial charge in [0.25, 0.3) is 0 Å². The fourth-order valence-corrected chi connectivity index (χ4v) is 6.43.